The van der Waals surface area contributed by atoms with Crippen molar-refractivity contribution in [1.29, 1.82) is 0 Å². The molecule has 6 heteroatoms. The Morgan fingerprint density at radius 2 is 2.04 bits per heavy atom. The number of hydrogen-bond donors (Lipinski definition) is 1. The third-order valence-electron chi connectivity index (χ3n) is 4.03. The van der Waals surface area contributed by atoms with E-state index in [1.807, 2.05) is 43.3 Å². The van der Waals surface area contributed by atoms with Gasteiger partial charge in [0.15, 0.2) is 0 Å². The van der Waals surface area contributed by atoms with Crippen LogP contribution in [0.4, 0.5) is 0 Å². The van der Waals surface area contributed by atoms with E-state index >= 15 is 0 Å². The van der Waals surface area contributed by atoms with E-state index in [1.54, 1.807) is 0 Å². The van der Waals surface area contributed by atoms with Gasteiger partial charge in [-0.1, -0.05) is 30.3 Å². The number of fused-ring (bicyclic) bond motifs is 3. The average Bonchev–Trinajstić information content (AvgIpc) is 2.98. The van der Waals surface area contributed by atoms with Crippen LogP contribution in [0.15, 0.2) is 51.9 Å². The van der Waals surface area contributed by atoms with E-state index in [9.17, 15) is 4.79 Å². The zero-order valence-electron chi connectivity index (χ0n) is 13.1. The number of aryl methyl sites for hydroxylation is 1. The largest absolute Gasteiger partial charge is 0.430 e. The van der Waals surface area contributed by atoms with E-state index in [4.69, 9.17) is 9.52 Å². The fourth-order valence-electron chi connectivity index (χ4n) is 2.87. The van der Waals surface area contributed by atoms with Crippen LogP contribution >= 0.6 is 0 Å². The average molecular weight is 321 g/mol. The van der Waals surface area contributed by atoms with E-state index in [0.29, 0.717) is 11.2 Å². The molecule has 3 heterocycles. The predicted octanol–water partition coefficient (Wildman–Crippen LogP) is 2.51. The molecular formula is C18H15N3O3. The highest BCUT2D eigenvalue weighted by atomic mass is 16.3. The first-order valence-electron chi connectivity index (χ1n) is 7.64. The summed E-state index contributed by atoms with van der Waals surface area (Å²) >= 11 is 0. The van der Waals surface area contributed by atoms with Gasteiger partial charge in [0.25, 0.3) is 5.56 Å². The van der Waals surface area contributed by atoms with Crippen LogP contribution in [-0.2, 0) is 6.54 Å². The van der Waals surface area contributed by atoms with Crippen molar-refractivity contribution in [2.75, 3.05) is 6.61 Å². The van der Waals surface area contributed by atoms with E-state index in [2.05, 4.69) is 9.97 Å². The first-order valence-corrected chi connectivity index (χ1v) is 7.64. The number of aromatic nitrogens is 3. The van der Waals surface area contributed by atoms with E-state index in [-0.39, 0.29) is 24.3 Å². The van der Waals surface area contributed by atoms with Crippen LogP contribution in [0.3, 0.4) is 0 Å². The van der Waals surface area contributed by atoms with Crippen LogP contribution in [0.5, 0.6) is 0 Å². The van der Waals surface area contributed by atoms with Crippen LogP contribution in [0.25, 0.3) is 33.5 Å². The van der Waals surface area contributed by atoms with E-state index in [1.165, 1.54) is 10.9 Å². The Morgan fingerprint density at radius 3 is 2.79 bits per heavy atom. The second-order valence-electron chi connectivity index (χ2n) is 5.62. The molecule has 1 aromatic carbocycles. The van der Waals surface area contributed by atoms with E-state index < -0.39 is 0 Å². The minimum atomic E-state index is -0.312. The standard InChI is InChI=1S/C18H15N3O3/c1-11-9-13(12-5-3-2-4-6-12)20-17-14(11)15-16(24-17)18(23)21(7-8-22)10-19-15/h2-6,9-10,22H,7-8H2,1H3. The molecule has 0 radical (unpaired) electrons. The molecule has 0 atom stereocenters. The van der Waals surface area contributed by atoms with Gasteiger partial charge in [-0.15, -0.1) is 0 Å². The number of nitrogens with zero attached hydrogens (tertiary/aromatic N) is 3. The molecule has 0 saturated carbocycles. The molecule has 0 aliphatic carbocycles. The first kappa shape index (κ1) is 14.6. The number of aliphatic hydroxyl groups is 1. The molecule has 0 saturated heterocycles. The normalized spacial score (nSPS) is 11.4. The van der Waals surface area contributed by atoms with Gasteiger partial charge >= 0.3 is 0 Å². The highest BCUT2D eigenvalue weighted by molar-refractivity contribution is 6.03. The molecule has 1 N–H and O–H groups in total. The molecule has 3 aromatic heterocycles. The highest BCUT2D eigenvalue weighted by Crippen LogP contribution is 2.30. The third kappa shape index (κ3) is 2.19. The molecule has 24 heavy (non-hydrogen) atoms. The van der Waals surface area contributed by atoms with Crippen molar-refractivity contribution in [3.8, 4) is 11.3 Å². The Hall–Kier alpha value is -2.99. The van der Waals surface area contributed by atoms with Crippen molar-refractivity contribution in [2.45, 2.75) is 13.5 Å². The number of benzene rings is 1. The van der Waals surface area contributed by atoms with Crippen molar-refractivity contribution in [3.63, 3.8) is 0 Å². The lowest BCUT2D eigenvalue weighted by Gasteiger charge is -2.03. The second kappa shape index (κ2) is 5.58. The summed E-state index contributed by atoms with van der Waals surface area (Å²) in [5.41, 5.74) is 3.48. The number of hydrogen-bond acceptors (Lipinski definition) is 5. The molecule has 0 fully saturated rings. The van der Waals surface area contributed by atoms with Crippen LogP contribution in [-0.4, -0.2) is 26.2 Å². The third-order valence-corrected chi connectivity index (χ3v) is 4.03. The Morgan fingerprint density at radius 1 is 1.25 bits per heavy atom. The molecule has 4 aromatic rings. The van der Waals surface area contributed by atoms with Crippen molar-refractivity contribution in [1.82, 2.24) is 14.5 Å². The Balaban J connectivity index is 2.01. The zero-order chi connectivity index (χ0) is 16.7. The van der Waals surface area contributed by atoms with Gasteiger partial charge in [-0.05, 0) is 18.6 Å². The number of aliphatic hydroxyl groups excluding tert-OH is 1. The molecule has 0 bridgehead atoms. The SMILES string of the molecule is Cc1cc(-c2ccccc2)nc2oc3c(=O)n(CCO)cnc3c12. The highest BCUT2D eigenvalue weighted by Gasteiger charge is 2.17. The van der Waals surface area contributed by atoms with Gasteiger partial charge in [-0.25, -0.2) is 9.97 Å². The predicted molar refractivity (Wildman–Crippen MR) is 90.8 cm³/mol. The molecule has 0 amide bonds. The van der Waals surface area contributed by atoms with Crippen molar-refractivity contribution in [2.24, 2.45) is 0 Å². The van der Waals surface area contributed by atoms with Crippen molar-refractivity contribution >= 4 is 22.2 Å². The van der Waals surface area contributed by atoms with Crippen LogP contribution in [0.2, 0.25) is 0 Å². The summed E-state index contributed by atoms with van der Waals surface area (Å²) in [7, 11) is 0. The Labute approximate surface area is 137 Å². The molecule has 0 aliphatic rings. The molecule has 4 rings (SSSR count). The monoisotopic (exact) mass is 321 g/mol. The minimum absolute atomic E-state index is 0.136. The molecule has 6 nitrogen and oxygen atoms in total. The fraction of sp³-hybridized carbons (Fsp3) is 0.167. The maximum absolute atomic E-state index is 12.4. The molecule has 0 aliphatic heterocycles. The lowest BCUT2D eigenvalue weighted by molar-refractivity contribution is 0.273. The van der Waals surface area contributed by atoms with Crippen molar-refractivity contribution in [3.05, 3.63) is 58.6 Å². The number of rotatable bonds is 3. The summed E-state index contributed by atoms with van der Waals surface area (Å²) in [6.45, 7) is 2.00. The van der Waals surface area contributed by atoms with Crippen LogP contribution in [0.1, 0.15) is 5.56 Å². The lowest BCUT2D eigenvalue weighted by atomic mass is 10.1. The zero-order valence-corrected chi connectivity index (χ0v) is 13.1. The fourth-order valence-corrected chi connectivity index (χ4v) is 2.87. The van der Waals surface area contributed by atoms with Crippen molar-refractivity contribution < 1.29 is 9.52 Å². The molecule has 120 valence electrons. The topological polar surface area (TPSA) is 81.2 Å². The maximum Gasteiger partial charge on any atom is 0.297 e. The van der Waals surface area contributed by atoms with Crippen LogP contribution < -0.4 is 5.56 Å². The maximum atomic E-state index is 12.4. The van der Waals surface area contributed by atoms with Crippen LogP contribution in [0, 0.1) is 6.92 Å². The molecule has 0 unspecified atom stereocenters. The van der Waals surface area contributed by atoms with E-state index in [0.717, 1.165) is 22.2 Å². The van der Waals surface area contributed by atoms with Gasteiger partial charge in [0, 0.05) is 5.56 Å². The summed E-state index contributed by atoms with van der Waals surface area (Å²) in [6, 6.07) is 11.8. The van der Waals surface area contributed by atoms with Gasteiger partial charge in [0.1, 0.15) is 5.52 Å². The van der Waals surface area contributed by atoms with Gasteiger partial charge in [-0.3, -0.25) is 9.36 Å². The van der Waals surface area contributed by atoms with Gasteiger partial charge in [0.2, 0.25) is 11.3 Å². The summed E-state index contributed by atoms with van der Waals surface area (Å²) < 4.78 is 7.06. The van der Waals surface area contributed by atoms with Gasteiger partial charge < -0.3 is 9.52 Å². The number of furan rings is 1. The minimum Gasteiger partial charge on any atom is -0.430 e. The summed E-state index contributed by atoms with van der Waals surface area (Å²) in [5.74, 6) is 0. The van der Waals surface area contributed by atoms with Gasteiger partial charge in [0.05, 0.1) is 30.6 Å². The summed E-state index contributed by atoms with van der Waals surface area (Å²) in [5, 5.41) is 9.78. The lowest BCUT2D eigenvalue weighted by Crippen LogP contribution is -2.21. The smallest absolute Gasteiger partial charge is 0.297 e. The second-order valence-corrected chi connectivity index (χ2v) is 5.62. The number of pyridine rings is 1. The molecule has 0 spiro atoms. The van der Waals surface area contributed by atoms with Gasteiger partial charge in [-0.2, -0.15) is 0 Å². The summed E-state index contributed by atoms with van der Waals surface area (Å²) in [4.78, 5) is 21.3. The molecular weight excluding hydrogens is 306 g/mol. The quantitative estimate of drug-likeness (QED) is 0.627. The Kier molecular flexibility index (Phi) is 3.39. The Bertz CT molecular complexity index is 1100. The summed E-state index contributed by atoms with van der Waals surface area (Å²) in [6.07, 6.45) is 1.43. The first-order chi connectivity index (χ1) is 11.7.